The number of allylic oxidation sites excluding steroid dienone is 2. The SMILES string of the molecule is CCOc1cccc(C2C3=C(CC(C)CC3=O)Nc3ncnn32)c1. The number of carbonyl (C=O) groups is 1. The summed E-state index contributed by atoms with van der Waals surface area (Å²) < 4.78 is 7.41. The molecule has 1 aromatic heterocycles. The predicted molar refractivity (Wildman–Crippen MR) is 89.8 cm³/mol. The lowest BCUT2D eigenvalue weighted by Crippen LogP contribution is -2.33. The Kier molecular flexibility index (Phi) is 3.59. The number of benzene rings is 1. The topological polar surface area (TPSA) is 69.0 Å². The summed E-state index contributed by atoms with van der Waals surface area (Å²) in [4.78, 5) is 17.1. The first-order chi connectivity index (χ1) is 11.7. The van der Waals surface area contributed by atoms with Crippen LogP contribution < -0.4 is 10.1 Å². The molecule has 124 valence electrons. The molecule has 2 atom stereocenters. The van der Waals surface area contributed by atoms with Crippen LogP contribution in [-0.4, -0.2) is 27.2 Å². The van der Waals surface area contributed by atoms with Crippen molar-refractivity contribution >= 4 is 11.7 Å². The third-order valence-electron chi connectivity index (χ3n) is 4.55. The first-order valence-corrected chi connectivity index (χ1v) is 8.33. The van der Waals surface area contributed by atoms with Gasteiger partial charge >= 0.3 is 0 Å². The number of Topliss-reactive ketones (excluding diaryl/α,β-unsaturated/α-hetero) is 1. The minimum atomic E-state index is -0.251. The van der Waals surface area contributed by atoms with Crippen LogP contribution in [0.4, 0.5) is 5.95 Å². The van der Waals surface area contributed by atoms with E-state index in [-0.39, 0.29) is 11.8 Å². The summed E-state index contributed by atoms with van der Waals surface area (Å²) in [7, 11) is 0. The maximum atomic E-state index is 12.8. The molecule has 1 aliphatic carbocycles. The highest BCUT2D eigenvalue weighted by molar-refractivity contribution is 5.99. The maximum Gasteiger partial charge on any atom is 0.226 e. The Labute approximate surface area is 140 Å². The lowest BCUT2D eigenvalue weighted by atomic mass is 9.81. The average Bonchev–Trinajstić information content (AvgIpc) is 3.01. The van der Waals surface area contributed by atoms with Gasteiger partial charge < -0.3 is 10.1 Å². The van der Waals surface area contributed by atoms with Crippen molar-refractivity contribution < 1.29 is 9.53 Å². The van der Waals surface area contributed by atoms with Gasteiger partial charge in [-0.25, -0.2) is 4.68 Å². The van der Waals surface area contributed by atoms with Crippen LogP contribution in [0.15, 0.2) is 41.9 Å². The van der Waals surface area contributed by atoms with E-state index < -0.39 is 0 Å². The zero-order chi connectivity index (χ0) is 16.7. The molecule has 0 amide bonds. The molecule has 24 heavy (non-hydrogen) atoms. The second-order valence-corrected chi connectivity index (χ2v) is 6.39. The highest BCUT2D eigenvalue weighted by atomic mass is 16.5. The van der Waals surface area contributed by atoms with Crippen LogP contribution in [0.5, 0.6) is 5.75 Å². The molecule has 6 heteroatoms. The summed E-state index contributed by atoms with van der Waals surface area (Å²) in [5.74, 6) is 2.01. The minimum Gasteiger partial charge on any atom is -0.494 e. The minimum absolute atomic E-state index is 0.184. The van der Waals surface area contributed by atoms with Crippen molar-refractivity contribution in [1.82, 2.24) is 14.8 Å². The van der Waals surface area contributed by atoms with Crippen molar-refractivity contribution in [2.45, 2.75) is 32.7 Å². The Morgan fingerprint density at radius 2 is 2.25 bits per heavy atom. The van der Waals surface area contributed by atoms with E-state index in [4.69, 9.17) is 4.74 Å². The highest BCUT2D eigenvalue weighted by Gasteiger charge is 2.37. The molecule has 2 unspecified atom stereocenters. The zero-order valence-corrected chi connectivity index (χ0v) is 13.8. The number of hydrogen-bond acceptors (Lipinski definition) is 5. The van der Waals surface area contributed by atoms with Crippen LogP contribution in [0.2, 0.25) is 0 Å². The number of hydrogen-bond donors (Lipinski definition) is 1. The van der Waals surface area contributed by atoms with Gasteiger partial charge in [-0.15, -0.1) is 0 Å². The number of carbonyl (C=O) groups excluding carboxylic acids is 1. The fraction of sp³-hybridized carbons (Fsp3) is 0.389. The number of nitrogens with zero attached hydrogens (tertiary/aromatic N) is 3. The molecule has 2 aromatic rings. The number of nitrogens with one attached hydrogen (secondary N) is 1. The molecule has 6 nitrogen and oxygen atoms in total. The quantitative estimate of drug-likeness (QED) is 0.940. The fourth-order valence-corrected chi connectivity index (χ4v) is 3.60. The molecule has 0 spiro atoms. The Hall–Kier alpha value is -2.63. The third-order valence-corrected chi connectivity index (χ3v) is 4.55. The van der Waals surface area contributed by atoms with Gasteiger partial charge in [0, 0.05) is 17.7 Å². The van der Waals surface area contributed by atoms with Crippen LogP contribution in [0.25, 0.3) is 0 Å². The number of aromatic nitrogens is 3. The van der Waals surface area contributed by atoms with E-state index in [0.29, 0.717) is 24.9 Å². The summed E-state index contributed by atoms with van der Waals surface area (Å²) in [6, 6.07) is 7.63. The second-order valence-electron chi connectivity index (χ2n) is 6.39. The van der Waals surface area contributed by atoms with Gasteiger partial charge in [0.25, 0.3) is 0 Å². The van der Waals surface area contributed by atoms with Crippen molar-refractivity contribution in [2.24, 2.45) is 5.92 Å². The van der Waals surface area contributed by atoms with Crippen molar-refractivity contribution in [3.8, 4) is 5.75 Å². The van der Waals surface area contributed by atoms with Gasteiger partial charge in [-0.05, 0) is 37.0 Å². The summed E-state index contributed by atoms with van der Waals surface area (Å²) in [5, 5.41) is 7.65. The highest BCUT2D eigenvalue weighted by Crippen LogP contribution is 2.41. The number of rotatable bonds is 3. The van der Waals surface area contributed by atoms with E-state index >= 15 is 0 Å². The largest absolute Gasteiger partial charge is 0.494 e. The number of ketones is 1. The second kappa shape index (κ2) is 5.78. The molecule has 1 aliphatic heterocycles. The van der Waals surface area contributed by atoms with Gasteiger partial charge in [-0.1, -0.05) is 19.1 Å². The number of anilines is 1. The molecule has 0 radical (unpaired) electrons. The third kappa shape index (κ3) is 2.38. The van der Waals surface area contributed by atoms with Gasteiger partial charge in [0.1, 0.15) is 18.1 Å². The smallest absolute Gasteiger partial charge is 0.226 e. The molecular weight excluding hydrogens is 304 g/mol. The molecule has 1 N–H and O–H groups in total. The lowest BCUT2D eigenvalue weighted by molar-refractivity contribution is -0.117. The van der Waals surface area contributed by atoms with Gasteiger partial charge in [0.2, 0.25) is 5.95 Å². The number of ether oxygens (including phenoxy) is 1. The van der Waals surface area contributed by atoms with Crippen LogP contribution in [0.3, 0.4) is 0 Å². The van der Waals surface area contributed by atoms with E-state index in [2.05, 4.69) is 22.3 Å². The van der Waals surface area contributed by atoms with Crippen LogP contribution in [0, 0.1) is 5.92 Å². The zero-order valence-electron chi connectivity index (χ0n) is 13.8. The molecule has 0 bridgehead atoms. The van der Waals surface area contributed by atoms with Crippen LogP contribution in [-0.2, 0) is 4.79 Å². The Bertz CT molecular complexity index is 824. The van der Waals surface area contributed by atoms with Gasteiger partial charge in [-0.3, -0.25) is 4.79 Å². The summed E-state index contributed by atoms with van der Waals surface area (Å²) in [6.45, 7) is 4.67. The van der Waals surface area contributed by atoms with Crippen molar-refractivity contribution in [3.05, 3.63) is 47.4 Å². The van der Waals surface area contributed by atoms with Gasteiger partial charge in [0.15, 0.2) is 5.78 Å². The van der Waals surface area contributed by atoms with E-state index in [1.54, 1.807) is 4.68 Å². The van der Waals surface area contributed by atoms with E-state index in [0.717, 1.165) is 29.0 Å². The molecule has 4 rings (SSSR count). The van der Waals surface area contributed by atoms with Crippen molar-refractivity contribution in [2.75, 3.05) is 11.9 Å². The molecular formula is C18H20N4O2. The summed E-state index contributed by atoms with van der Waals surface area (Å²) in [6.07, 6.45) is 2.95. The number of fused-ring (bicyclic) bond motifs is 1. The molecule has 0 saturated heterocycles. The predicted octanol–water partition coefficient (Wildman–Crippen LogP) is 2.94. The van der Waals surface area contributed by atoms with Crippen LogP contribution in [0.1, 0.15) is 38.3 Å². The van der Waals surface area contributed by atoms with E-state index in [9.17, 15) is 4.79 Å². The Morgan fingerprint density at radius 1 is 1.38 bits per heavy atom. The Balaban J connectivity index is 1.85. The van der Waals surface area contributed by atoms with Gasteiger partial charge in [-0.2, -0.15) is 10.1 Å². The van der Waals surface area contributed by atoms with E-state index in [1.165, 1.54) is 6.33 Å². The average molecular weight is 324 g/mol. The molecule has 2 aliphatic rings. The normalized spacial score (nSPS) is 22.7. The van der Waals surface area contributed by atoms with Crippen LogP contribution >= 0.6 is 0 Å². The van der Waals surface area contributed by atoms with E-state index in [1.807, 2.05) is 31.2 Å². The first kappa shape index (κ1) is 14.9. The monoisotopic (exact) mass is 324 g/mol. The Morgan fingerprint density at radius 3 is 3.08 bits per heavy atom. The standard InChI is InChI=1S/C18H20N4O2/c1-3-24-13-6-4-5-12(9-13)17-16-14(7-11(2)8-15(16)23)21-18-19-10-20-22(17)18/h4-6,9-11,17H,3,7-8H2,1-2H3,(H,19,20,21). The van der Waals surface area contributed by atoms with Gasteiger partial charge in [0.05, 0.1) is 6.61 Å². The summed E-state index contributed by atoms with van der Waals surface area (Å²) >= 11 is 0. The molecule has 0 fully saturated rings. The molecule has 1 aromatic carbocycles. The molecule has 0 saturated carbocycles. The first-order valence-electron chi connectivity index (χ1n) is 8.33. The van der Waals surface area contributed by atoms with Crippen molar-refractivity contribution in [3.63, 3.8) is 0 Å². The molecule has 2 heterocycles. The summed E-state index contributed by atoms with van der Waals surface area (Å²) in [5.41, 5.74) is 2.77. The maximum absolute atomic E-state index is 12.8. The van der Waals surface area contributed by atoms with Crippen molar-refractivity contribution in [1.29, 1.82) is 0 Å². The fourth-order valence-electron chi connectivity index (χ4n) is 3.60. The lowest BCUT2D eigenvalue weighted by Gasteiger charge is -2.34.